The van der Waals surface area contributed by atoms with Crippen LogP contribution in [-0.2, 0) is 28.2 Å². The third-order valence-corrected chi connectivity index (χ3v) is 10.6. The molecule has 0 aromatic rings. The van der Waals surface area contributed by atoms with Crippen LogP contribution in [0.4, 0.5) is 0 Å². The van der Waals surface area contributed by atoms with Crippen molar-refractivity contribution in [2.75, 3.05) is 34.4 Å². The Labute approximate surface area is 332 Å². The van der Waals surface area contributed by atoms with Gasteiger partial charge in [-0.25, -0.2) is 4.57 Å². The molecule has 0 amide bonds. The summed E-state index contributed by atoms with van der Waals surface area (Å²) in [5, 5.41) is 0. The molecule has 0 aliphatic rings. The maximum absolute atomic E-state index is 12.9. The van der Waals surface area contributed by atoms with Gasteiger partial charge < -0.3 is 23.7 Å². The first kappa shape index (κ1) is 52.5. The van der Waals surface area contributed by atoms with Crippen molar-refractivity contribution in [1.29, 1.82) is 0 Å². The van der Waals surface area contributed by atoms with Crippen LogP contribution in [0.25, 0.3) is 0 Å². The number of esters is 2. The molecule has 0 aliphatic carbocycles. The van der Waals surface area contributed by atoms with Crippen molar-refractivity contribution < 1.29 is 42.4 Å². The van der Waals surface area contributed by atoms with Crippen molar-refractivity contribution in [3.8, 4) is 0 Å². The summed E-state index contributed by atoms with van der Waals surface area (Å²) in [6.45, 7) is 4.19. The quantitative estimate of drug-likeness (QED) is 0.0208. The second-order valence-corrected chi connectivity index (χ2v) is 17.5. The molecule has 0 saturated heterocycles. The number of hydrogen-bond donors (Lipinski definition) is 2. The Morgan fingerprint density at radius 3 is 1.31 bits per heavy atom. The highest BCUT2D eigenvalue weighted by atomic mass is 31.2. The third kappa shape index (κ3) is 37.4. The molecule has 0 saturated carbocycles. The minimum Gasteiger partial charge on any atom is -0.462 e. The van der Waals surface area contributed by atoms with Crippen molar-refractivity contribution in [1.82, 2.24) is 0 Å². The molecular formula is C44H85NO8P+. The lowest BCUT2D eigenvalue weighted by Gasteiger charge is -2.35. The van der Waals surface area contributed by atoms with Crippen LogP contribution >= 0.6 is 7.82 Å². The smallest absolute Gasteiger partial charge is 0.462 e. The molecule has 0 aromatic carbocycles. The molecule has 0 aliphatic heterocycles. The number of rotatable bonds is 39. The van der Waals surface area contributed by atoms with Gasteiger partial charge in [-0.3, -0.25) is 14.1 Å². The van der Waals surface area contributed by atoms with Crippen LogP contribution in [0, 0.1) is 0 Å². The van der Waals surface area contributed by atoms with Gasteiger partial charge in [-0.05, 0) is 64.2 Å². The topological polar surface area (TPSA) is 119 Å². The summed E-state index contributed by atoms with van der Waals surface area (Å²) in [7, 11) is 0.980. The van der Waals surface area contributed by atoms with Crippen molar-refractivity contribution in [2.24, 2.45) is 0 Å². The average molecular weight is 787 g/mol. The minimum atomic E-state index is -4.68. The molecule has 0 rings (SSSR count). The maximum Gasteiger partial charge on any atom is 0.469 e. The van der Waals surface area contributed by atoms with Crippen molar-refractivity contribution in [2.45, 2.75) is 212 Å². The summed E-state index contributed by atoms with van der Waals surface area (Å²) >= 11 is 0. The Balaban J connectivity index is 4.52. The van der Waals surface area contributed by atoms with Crippen LogP contribution in [-0.4, -0.2) is 72.7 Å². The number of phosphoric acid groups is 1. The number of carbonyl (C=O) groups is 2. The van der Waals surface area contributed by atoms with Gasteiger partial charge >= 0.3 is 19.8 Å². The third-order valence-electron chi connectivity index (χ3n) is 10.1. The van der Waals surface area contributed by atoms with E-state index in [1.54, 1.807) is 0 Å². The number of quaternary nitrogens is 1. The number of phosphoric ester groups is 1. The highest BCUT2D eigenvalue weighted by Gasteiger charge is 2.32. The van der Waals surface area contributed by atoms with E-state index in [4.69, 9.17) is 14.0 Å². The first-order chi connectivity index (χ1) is 25.9. The van der Waals surface area contributed by atoms with Crippen molar-refractivity contribution in [3.63, 3.8) is 0 Å². The van der Waals surface area contributed by atoms with Gasteiger partial charge in [-0.1, -0.05) is 141 Å². The van der Waals surface area contributed by atoms with Gasteiger partial charge in [0.05, 0.1) is 21.1 Å². The molecule has 0 bridgehead atoms. The van der Waals surface area contributed by atoms with Gasteiger partial charge in [0.25, 0.3) is 0 Å². The Kier molecular flexibility index (Phi) is 34.9. The molecule has 1 unspecified atom stereocenters. The van der Waals surface area contributed by atoms with Gasteiger partial charge in [0.15, 0.2) is 0 Å². The van der Waals surface area contributed by atoms with Crippen LogP contribution in [0.3, 0.4) is 0 Å². The fraction of sp³-hybridized carbons (Fsp3) is 0.864. The predicted molar refractivity (Wildman–Crippen MR) is 224 cm³/mol. The van der Waals surface area contributed by atoms with Gasteiger partial charge in [0, 0.05) is 19.3 Å². The average Bonchev–Trinajstić information content (AvgIpc) is 3.11. The highest BCUT2D eigenvalue weighted by Crippen LogP contribution is 2.36. The largest absolute Gasteiger partial charge is 0.469 e. The van der Waals surface area contributed by atoms with Crippen LogP contribution in [0.5, 0.6) is 0 Å². The van der Waals surface area contributed by atoms with Crippen molar-refractivity contribution >= 4 is 19.8 Å². The zero-order chi connectivity index (χ0) is 40.2. The van der Waals surface area contributed by atoms with E-state index in [-0.39, 0.29) is 38.0 Å². The second kappa shape index (κ2) is 35.9. The molecule has 2 N–H and O–H groups in total. The van der Waals surface area contributed by atoms with Crippen LogP contribution in [0.2, 0.25) is 0 Å². The van der Waals surface area contributed by atoms with E-state index >= 15 is 0 Å². The van der Waals surface area contributed by atoms with Crippen LogP contribution < -0.4 is 0 Å². The Bertz CT molecular complexity index is 990. The van der Waals surface area contributed by atoms with E-state index in [9.17, 15) is 23.9 Å². The summed E-state index contributed by atoms with van der Waals surface area (Å²) in [5.74, 6) is -0.666. The van der Waals surface area contributed by atoms with E-state index < -0.39 is 20.0 Å². The SMILES string of the molecule is CCCCCCCCC=CCCCCCCCC(=O)OCC(C[C@H](COP(=O)(O)O)[N+](C)(C)C)OC(=O)CCCCCCCC=CCCCCCCCC. The summed E-state index contributed by atoms with van der Waals surface area (Å²) in [5.41, 5.74) is 0. The number of ether oxygens (including phenoxy) is 2. The number of hydrogen-bond acceptors (Lipinski definition) is 6. The number of nitrogens with zero attached hydrogens (tertiary/aromatic N) is 1. The van der Waals surface area contributed by atoms with E-state index in [1.165, 1.54) is 96.3 Å². The highest BCUT2D eigenvalue weighted by molar-refractivity contribution is 7.46. The summed E-state index contributed by atoms with van der Waals surface area (Å²) in [4.78, 5) is 44.1. The molecule has 0 aromatic heterocycles. The summed E-state index contributed by atoms with van der Waals surface area (Å²) < 4.78 is 28.0. The van der Waals surface area contributed by atoms with Crippen LogP contribution in [0.1, 0.15) is 200 Å². The number of likely N-dealkylation sites (N-methyl/N-ethyl adjacent to an activating group) is 1. The molecule has 0 fully saturated rings. The van der Waals surface area contributed by atoms with Gasteiger partial charge in [0.2, 0.25) is 0 Å². The minimum absolute atomic E-state index is 0.0889. The maximum atomic E-state index is 12.9. The molecule has 0 spiro atoms. The lowest BCUT2D eigenvalue weighted by Crippen LogP contribution is -2.50. The van der Waals surface area contributed by atoms with Crippen molar-refractivity contribution in [3.05, 3.63) is 24.3 Å². The Morgan fingerprint density at radius 1 is 0.556 bits per heavy atom. The standard InChI is InChI=1S/C44H84NO8P/c1-6-8-10-12-14-16-18-20-22-24-26-28-30-32-34-36-43(46)51-40-42(38-41(45(3,4)5)39-52-54(48,49)50)53-44(47)37-35-33-31-29-27-25-23-21-19-17-15-13-11-9-7-2/h20-23,41-42H,6-19,24-40H2,1-5H3,(H-,48,49,50)/p+1/t41-,42?/m1/s1. The molecule has 2 atom stereocenters. The Morgan fingerprint density at radius 2 is 0.926 bits per heavy atom. The molecule has 318 valence electrons. The van der Waals surface area contributed by atoms with Gasteiger partial charge in [0.1, 0.15) is 25.4 Å². The Hall–Kier alpha value is -1.51. The fourth-order valence-corrected chi connectivity index (χ4v) is 6.79. The zero-order valence-electron chi connectivity index (χ0n) is 35.6. The lowest BCUT2D eigenvalue weighted by atomic mass is 10.1. The second-order valence-electron chi connectivity index (χ2n) is 16.3. The monoisotopic (exact) mass is 787 g/mol. The molecule has 10 heteroatoms. The fourth-order valence-electron chi connectivity index (χ4n) is 6.43. The first-order valence-electron chi connectivity index (χ1n) is 22.0. The first-order valence-corrected chi connectivity index (χ1v) is 23.6. The van der Waals surface area contributed by atoms with E-state index in [0.29, 0.717) is 10.9 Å². The molecular weight excluding hydrogens is 701 g/mol. The molecule has 0 radical (unpaired) electrons. The van der Waals surface area contributed by atoms with E-state index in [0.717, 1.165) is 70.6 Å². The summed E-state index contributed by atoms with van der Waals surface area (Å²) in [6.07, 6.45) is 40.1. The number of unbranched alkanes of at least 4 members (excludes halogenated alkanes) is 22. The van der Waals surface area contributed by atoms with Gasteiger partial charge in [-0.2, -0.15) is 0 Å². The van der Waals surface area contributed by atoms with Gasteiger partial charge in [-0.15, -0.1) is 0 Å². The number of carbonyl (C=O) groups excluding carboxylic acids is 2. The van der Waals surface area contributed by atoms with E-state index in [2.05, 4.69) is 38.2 Å². The van der Waals surface area contributed by atoms with Crippen LogP contribution in [0.15, 0.2) is 24.3 Å². The summed E-state index contributed by atoms with van der Waals surface area (Å²) in [6, 6.07) is -0.403. The zero-order valence-corrected chi connectivity index (χ0v) is 36.5. The normalized spacial score (nSPS) is 13.5. The predicted octanol–water partition coefficient (Wildman–Crippen LogP) is 12.1. The molecule has 0 heterocycles. The molecule has 9 nitrogen and oxygen atoms in total. The lowest BCUT2D eigenvalue weighted by molar-refractivity contribution is -0.897. The molecule has 54 heavy (non-hydrogen) atoms. The van der Waals surface area contributed by atoms with E-state index in [1.807, 2.05) is 21.1 Å². The number of allylic oxidation sites excluding steroid dienone is 4.